The lowest BCUT2D eigenvalue weighted by Gasteiger charge is -2.18. The molecule has 1 heterocycles. The Balaban J connectivity index is 1.92. The summed E-state index contributed by atoms with van der Waals surface area (Å²) < 4.78 is 1.76. The van der Waals surface area contributed by atoms with Crippen LogP contribution in [0, 0.1) is 0 Å². The zero-order chi connectivity index (χ0) is 16.8. The van der Waals surface area contributed by atoms with E-state index < -0.39 is 6.10 Å². The minimum absolute atomic E-state index is 0.141. The lowest BCUT2D eigenvalue weighted by atomic mass is 10.1. The standard InChI is InChI=1S/C17H24N4O2/c1-13(22)7-8-20(2)17(23)18-10-14-5-4-6-15(9-14)16-11-19-21(3)12-16/h4-6,9,11-13,22H,7-8,10H2,1-3H3,(H,18,23). The number of amides is 2. The fourth-order valence-electron chi connectivity index (χ4n) is 2.23. The molecule has 1 atom stereocenters. The molecule has 23 heavy (non-hydrogen) atoms. The molecule has 0 aliphatic heterocycles. The number of aliphatic hydroxyl groups is 1. The largest absolute Gasteiger partial charge is 0.393 e. The van der Waals surface area contributed by atoms with Gasteiger partial charge in [0.05, 0.1) is 12.3 Å². The van der Waals surface area contributed by atoms with Crippen molar-refractivity contribution >= 4 is 6.03 Å². The third-order valence-corrected chi connectivity index (χ3v) is 3.64. The molecule has 0 spiro atoms. The van der Waals surface area contributed by atoms with Gasteiger partial charge < -0.3 is 15.3 Å². The Hall–Kier alpha value is -2.34. The molecule has 0 aliphatic carbocycles. The number of hydrogen-bond donors (Lipinski definition) is 2. The third kappa shape index (κ3) is 5.10. The summed E-state index contributed by atoms with van der Waals surface area (Å²) in [5, 5.41) is 16.3. The Labute approximate surface area is 136 Å². The van der Waals surface area contributed by atoms with Crippen molar-refractivity contribution in [1.82, 2.24) is 20.0 Å². The summed E-state index contributed by atoms with van der Waals surface area (Å²) in [5.41, 5.74) is 3.16. The number of carbonyl (C=O) groups is 1. The van der Waals surface area contributed by atoms with Crippen LogP contribution in [0.5, 0.6) is 0 Å². The van der Waals surface area contributed by atoms with E-state index >= 15 is 0 Å². The molecule has 0 aliphatic rings. The smallest absolute Gasteiger partial charge is 0.317 e. The molecule has 1 unspecified atom stereocenters. The Morgan fingerprint density at radius 2 is 2.22 bits per heavy atom. The van der Waals surface area contributed by atoms with Crippen LogP contribution >= 0.6 is 0 Å². The maximum absolute atomic E-state index is 12.0. The van der Waals surface area contributed by atoms with Crippen LogP contribution in [0.2, 0.25) is 0 Å². The van der Waals surface area contributed by atoms with Crippen LogP contribution in [-0.4, -0.2) is 45.5 Å². The first-order valence-corrected chi connectivity index (χ1v) is 7.70. The maximum Gasteiger partial charge on any atom is 0.317 e. The second-order valence-electron chi connectivity index (χ2n) is 5.82. The summed E-state index contributed by atoms with van der Waals surface area (Å²) in [6, 6.07) is 7.89. The van der Waals surface area contributed by atoms with Crippen molar-refractivity contribution in [2.24, 2.45) is 7.05 Å². The summed E-state index contributed by atoms with van der Waals surface area (Å²) in [6.45, 7) is 2.71. The van der Waals surface area contributed by atoms with Gasteiger partial charge in [0.1, 0.15) is 0 Å². The van der Waals surface area contributed by atoms with E-state index in [0.29, 0.717) is 19.5 Å². The molecular weight excluding hydrogens is 292 g/mol. The minimum Gasteiger partial charge on any atom is -0.393 e. The maximum atomic E-state index is 12.0. The highest BCUT2D eigenvalue weighted by molar-refractivity contribution is 5.74. The number of aliphatic hydroxyl groups excluding tert-OH is 1. The van der Waals surface area contributed by atoms with Crippen LogP contribution in [0.25, 0.3) is 11.1 Å². The fourth-order valence-corrected chi connectivity index (χ4v) is 2.23. The van der Waals surface area contributed by atoms with Gasteiger partial charge in [0, 0.05) is 38.9 Å². The van der Waals surface area contributed by atoms with E-state index in [2.05, 4.69) is 10.4 Å². The number of rotatable bonds is 6. The van der Waals surface area contributed by atoms with Crippen molar-refractivity contribution in [3.63, 3.8) is 0 Å². The predicted octanol–water partition coefficient (Wildman–Crippen LogP) is 2.00. The molecule has 6 heteroatoms. The number of aromatic nitrogens is 2. The number of nitrogens with one attached hydrogen (secondary N) is 1. The second-order valence-corrected chi connectivity index (χ2v) is 5.82. The first-order chi connectivity index (χ1) is 11.0. The number of hydrogen-bond acceptors (Lipinski definition) is 3. The fraction of sp³-hybridized carbons (Fsp3) is 0.412. The molecule has 2 N–H and O–H groups in total. The summed E-state index contributed by atoms with van der Waals surface area (Å²) in [5.74, 6) is 0. The van der Waals surface area contributed by atoms with Crippen molar-refractivity contribution in [3.05, 3.63) is 42.2 Å². The van der Waals surface area contributed by atoms with E-state index in [0.717, 1.165) is 16.7 Å². The lowest BCUT2D eigenvalue weighted by Crippen LogP contribution is -2.38. The number of urea groups is 1. The van der Waals surface area contributed by atoms with Crippen LogP contribution in [0.1, 0.15) is 18.9 Å². The minimum atomic E-state index is -0.401. The van der Waals surface area contributed by atoms with E-state index in [1.165, 1.54) is 0 Å². The second kappa shape index (κ2) is 7.78. The van der Waals surface area contributed by atoms with E-state index in [1.807, 2.05) is 43.7 Å². The molecule has 1 aromatic heterocycles. The average Bonchev–Trinajstić information content (AvgIpc) is 2.97. The molecule has 0 saturated heterocycles. The molecule has 0 fully saturated rings. The highest BCUT2D eigenvalue weighted by atomic mass is 16.3. The van der Waals surface area contributed by atoms with Gasteiger partial charge in [-0.25, -0.2) is 4.79 Å². The molecule has 0 saturated carbocycles. The van der Waals surface area contributed by atoms with Gasteiger partial charge in [0.2, 0.25) is 0 Å². The molecule has 6 nitrogen and oxygen atoms in total. The normalized spacial score (nSPS) is 12.0. The van der Waals surface area contributed by atoms with Gasteiger partial charge in [0.15, 0.2) is 0 Å². The van der Waals surface area contributed by atoms with E-state index in [4.69, 9.17) is 0 Å². The predicted molar refractivity (Wildman–Crippen MR) is 89.8 cm³/mol. The molecule has 2 amide bonds. The third-order valence-electron chi connectivity index (χ3n) is 3.64. The van der Waals surface area contributed by atoms with Gasteiger partial charge in [-0.15, -0.1) is 0 Å². The monoisotopic (exact) mass is 316 g/mol. The van der Waals surface area contributed by atoms with Crippen molar-refractivity contribution < 1.29 is 9.90 Å². The van der Waals surface area contributed by atoms with Gasteiger partial charge >= 0.3 is 6.03 Å². The van der Waals surface area contributed by atoms with Crippen molar-refractivity contribution in [3.8, 4) is 11.1 Å². The Kier molecular flexibility index (Phi) is 5.76. The van der Waals surface area contributed by atoms with Crippen LogP contribution in [0.3, 0.4) is 0 Å². The SMILES string of the molecule is CC(O)CCN(C)C(=O)NCc1cccc(-c2cnn(C)c2)c1. The number of benzene rings is 1. The highest BCUT2D eigenvalue weighted by Gasteiger charge is 2.09. The van der Waals surface area contributed by atoms with Crippen LogP contribution < -0.4 is 5.32 Å². The zero-order valence-corrected chi connectivity index (χ0v) is 13.9. The number of carbonyl (C=O) groups excluding carboxylic acids is 1. The van der Waals surface area contributed by atoms with Gasteiger partial charge in [-0.3, -0.25) is 4.68 Å². The zero-order valence-electron chi connectivity index (χ0n) is 13.9. The summed E-state index contributed by atoms with van der Waals surface area (Å²) in [6.07, 6.45) is 3.95. The summed E-state index contributed by atoms with van der Waals surface area (Å²) in [4.78, 5) is 13.6. The molecule has 124 valence electrons. The molecule has 2 rings (SSSR count). The molecule has 0 bridgehead atoms. The quantitative estimate of drug-likeness (QED) is 0.856. The van der Waals surface area contributed by atoms with Gasteiger partial charge in [-0.1, -0.05) is 18.2 Å². The van der Waals surface area contributed by atoms with E-state index in [-0.39, 0.29) is 6.03 Å². The van der Waals surface area contributed by atoms with Crippen molar-refractivity contribution in [1.29, 1.82) is 0 Å². The van der Waals surface area contributed by atoms with Gasteiger partial charge in [-0.05, 0) is 30.5 Å². The first kappa shape index (κ1) is 17.0. The van der Waals surface area contributed by atoms with Crippen LogP contribution in [0.4, 0.5) is 4.79 Å². The van der Waals surface area contributed by atoms with Crippen LogP contribution in [-0.2, 0) is 13.6 Å². The van der Waals surface area contributed by atoms with E-state index in [9.17, 15) is 9.90 Å². The van der Waals surface area contributed by atoms with Gasteiger partial charge in [0.25, 0.3) is 0 Å². The Morgan fingerprint density at radius 3 is 2.87 bits per heavy atom. The van der Waals surface area contributed by atoms with Crippen molar-refractivity contribution in [2.45, 2.75) is 26.0 Å². The first-order valence-electron chi connectivity index (χ1n) is 7.70. The van der Waals surface area contributed by atoms with E-state index in [1.54, 1.807) is 23.6 Å². The number of aryl methyl sites for hydroxylation is 1. The molecule has 2 aromatic rings. The molecular formula is C17H24N4O2. The molecule has 0 radical (unpaired) electrons. The van der Waals surface area contributed by atoms with Crippen LogP contribution in [0.15, 0.2) is 36.7 Å². The number of nitrogens with zero attached hydrogens (tertiary/aromatic N) is 3. The lowest BCUT2D eigenvalue weighted by molar-refractivity contribution is 0.163. The average molecular weight is 316 g/mol. The topological polar surface area (TPSA) is 70.4 Å². The molecule has 1 aromatic carbocycles. The summed E-state index contributed by atoms with van der Waals surface area (Å²) >= 11 is 0. The van der Waals surface area contributed by atoms with Crippen molar-refractivity contribution in [2.75, 3.05) is 13.6 Å². The Morgan fingerprint density at radius 1 is 1.43 bits per heavy atom. The Bertz CT molecular complexity index is 652. The summed E-state index contributed by atoms with van der Waals surface area (Å²) in [7, 11) is 3.61. The van der Waals surface area contributed by atoms with Gasteiger partial charge in [-0.2, -0.15) is 5.10 Å². The highest BCUT2D eigenvalue weighted by Crippen LogP contribution is 2.19.